The second kappa shape index (κ2) is 4.04. The molecule has 1 aromatic heterocycles. The van der Waals surface area contributed by atoms with Gasteiger partial charge in [-0.3, -0.25) is 0 Å². The highest BCUT2D eigenvalue weighted by atomic mass is 16.5. The van der Waals surface area contributed by atoms with Crippen LogP contribution in [0.1, 0.15) is 0 Å². The molecule has 2 rings (SSSR count). The van der Waals surface area contributed by atoms with Gasteiger partial charge in [-0.15, -0.1) is 0 Å². The molecule has 78 valence electrons. The summed E-state index contributed by atoms with van der Waals surface area (Å²) in [6.07, 6.45) is 3.48. The van der Waals surface area contributed by atoms with Crippen molar-refractivity contribution in [3.8, 4) is 17.2 Å². The lowest BCUT2D eigenvalue weighted by atomic mass is 10.3. The number of hydrogen-bond acceptors (Lipinski definition) is 3. The van der Waals surface area contributed by atoms with Crippen LogP contribution in [-0.4, -0.2) is 24.0 Å². The van der Waals surface area contributed by atoms with Gasteiger partial charge in [0.2, 0.25) is 0 Å². The molecule has 1 aromatic carbocycles. The van der Waals surface area contributed by atoms with Gasteiger partial charge >= 0.3 is 0 Å². The van der Waals surface area contributed by atoms with Gasteiger partial charge < -0.3 is 9.47 Å². The van der Waals surface area contributed by atoms with E-state index in [1.165, 1.54) is 0 Å². The number of nitrogens with zero attached hydrogens (tertiary/aromatic N) is 2. The lowest BCUT2D eigenvalue weighted by Crippen LogP contribution is -1.94. The van der Waals surface area contributed by atoms with E-state index < -0.39 is 0 Å². The maximum Gasteiger partial charge on any atom is 0.157 e. The van der Waals surface area contributed by atoms with Gasteiger partial charge in [-0.25, -0.2) is 4.68 Å². The fourth-order valence-electron chi connectivity index (χ4n) is 1.31. The smallest absolute Gasteiger partial charge is 0.157 e. The predicted octanol–water partition coefficient (Wildman–Crippen LogP) is 1.89. The summed E-state index contributed by atoms with van der Waals surface area (Å²) in [5, 5.41) is 4.17. The molecule has 15 heavy (non-hydrogen) atoms. The third-order valence-electron chi connectivity index (χ3n) is 2.11. The third-order valence-corrected chi connectivity index (χ3v) is 2.11. The molecule has 0 unspecified atom stereocenters. The highest BCUT2D eigenvalue weighted by Gasteiger charge is 2.01. The van der Waals surface area contributed by atoms with Crippen molar-refractivity contribution < 1.29 is 9.47 Å². The van der Waals surface area contributed by atoms with Crippen molar-refractivity contribution in [3.05, 3.63) is 36.7 Å². The fraction of sp³-hybridized carbons (Fsp3) is 0.182. The summed E-state index contributed by atoms with van der Waals surface area (Å²) in [5.41, 5.74) is 0.942. The Kier molecular flexibility index (Phi) is 2.58. The van der Waals surface area contributed by atoms with Crippen LogP contribution in [0.25, 0.3) is 5.69 Å². The highest BCUT2D eigenvalue weighted by Crippen LogP contribution is 2.17. The summed E-state index contributed by atoms with van der Waals surface area (Å²) in [6, 6.07) is 7.67. The first-order valence-electron chi connectivity index (χ1n) is 4.56. The van der Waals surface area contributed by atoms with E-state index in [0.29, 0.717) is 0 Å². The number of benzene rings is 1. The molecular formula is C11H12N2O2. The van der Waals surface area contributed by atoms with E-state index in [0.717, 1.165) is 17.2 Å². The van der Waals surface area contributed by atoms with Crippen molar-refractivity contribution in [1.29, 1.82) is 0 Å². The minimum atomic E-state index is 0.734. The molecule has 4 nitrogen and oxygen atoms in total. The Morgan fingerprint density at radius 2 is 1.93 bits per heavy atom. The summed E-state index contributed by atoms with van der Waals surface area (Å²) >= 11 is 0. The topological polar surface area (TPSA) is 36.3 Å². The minimum Gasteiger partial charge on any atom is -0.497 e. The van der Waals surface area contributed by atoms with Crippen molar-refractivity contribution in [1.82, 2.24) is 9.78 Å². The fourth-order valence-corrected chi connectivity index (χ4v) is 1.31. The molecular weight excluding hydrogens is 192 g/mol. The first kappa shape index (κ1) is 9.58. The van der Waals surface area contributed by atoms with E-state index in [4.69, 9.17) is 9.47 Å². The second-order valence-corrected chi connectivity index (χ2v) is 3.03. The summed E-state index contributed by atoms with van der Waals surface area (Å²) < 4.78 is 11.9. The molecule has 0 bridgehead atoms. The molecule has 4 heteroatoms. The van der Waals surface area contributed by atoms with E-state index >= 15 is 0 Å². The minimum absolute atomic E-state index is 0.734. The van der Waals surface area contributed by atoms with Gasteiger partial charge in [0.1, 0.15) is 5.75 Å². The molecule has 0 aliphatic rings. The zero-order valence-corrected chi connectivity index (χ0v) is 8.68. The maximum absolute atomic E-state index is 5.14. The molecule has 0 aliphatic carbocycles. The molecule has 0 amide bonds. The van der Waals surface area contributed by atoms with Crippen LogP contribution in [-0.2, 0) is 0 Å². The molecule has 0 N–H and O–H groups in total. The zero-order valence-electron chi connectivity index (χ0n) is 8.68. The van der Waals surface area contributed by atoms with Crippen LogP contribution in [0, 0.1) is 0 Å². The summed E-state index contributed by atoms with van der Waals surface area (Å²) in [5.74, 6) is 1.54. The van der Waals surface area contributed by atoms with Gasteiger partial charge in [0, 0.05) is 6.07 Å². The monoisotopic (exact) mass is 204 g/mol. The predicted molar refractivity (Wildman–Crippen MR) is 56.7 cm³/mol. The van der Waals surface area contributed by atoms with E-state index in [1.54, 1.807) is 25.1 Å². The Bertz CT molecular complexity index is 451. The van der Waals surface area contributed by atoms with Crippen LogP contribution in [0.4, 0.5) is 0 Å². The van der Waals surface area contributed by atoms with E-state index in [9.17, 15) is 0 Å². The molecule has 2 aromatic rings. The zero-order chi connectivity index (χ0) is 10.7. The number of rotatable bonds is 3. The maximum atomic E-state index is 5.14. The number of hydrogen-bond donors (Lipinski definition) is 0. The van der Waals surface area contributed by atoms with Crippen molar-refractivity contribution in [2.24, 2.45) is 0 Å². The standard InChI is InChI=1S/C11H12N2O2/c1-14-10-5-3-4-9(6-10)13-8-11(15-2)7-12-13/h3-8H,1-2H3. The molecule has 1 heterocycles. The largest absolute Gasteiger partial charge is 0.497 e. The van der Waals surface area contributed by atoms with Gasteiger partial charge in [-0.1, -0.05) is 6.07 Å². The van der Waals surface area contributed by atoms with E-state index in [-0.39, 0.29) is 0 Å². The summed E-state index contributed by atoms with van der Waals surface area (Å²) in [7, 11) is 3.26. The van der Waals surface area contributed by atoms with Crippen LogP contribution < -0.4 is 9.47 Å². The number of methoxy groups -OCH3 is 2. The molecule has 0 radical (unpaired) electrons. The molecule has 0 aliphatic heterocycles. The Labute approximate surface area is 88.1 Å². The number of ether oxygens (including phenoxy) is 2. The SMILES string of the molecule is COc1cccc(-n2cc(OC)cn2)c1. The van der Waals surface area contributed by atoms with Gasteiger partial charge in [-0.05, 0) is 12.1 Å². The lowest BCUT2D eigenvalue weighted by Gasteiger charge is -2.03. The quantitative estimate of drug-likeness (QED) is 0.766. The van der Waals surface area contributed by atoms with Gasteiger partial charge in [0.25, 0.3) is 0 Å². The van der Waals surface area contributed by atoms with Crippen LogP contribution >= 0.6 is 0 Å². The van der Waals surface area contributed by atoms with Crippen molar-refractivity contribution in [2.75, 3.05) is 14.2 Å². The molecule has 0 fully saturated rings. The average molecular weight is 204 g/mol. The first-order valence-corrected chi connectivity index (χ1v) is 4.56. The Morgan fingerprint density at radius 3 is 2.60 bits per heavy atom. The number of aromatic nitrogens is 2. The molecule has 0 saturated heterocycles. The van der Waals surface area contributed by atoms with Crippen LogP contribution in [0.2, 0.25) is 0 Å². The van der Waals surface area contributed by atoms with Crippen LogP contribution in [0.5, 0.6) is 11.5 Å². The summed E-state index contributed by atoms with van der Waals surface area (Å²) in [6.45, 7) is 0. The summed E-state index contributed by atoms with van der Waals surface area (Å²) in [4.78, 5) is 0. The lowest BCUT2D eigenvalue weighted by molar-refractivity contribution is 0.413. The van der Waals surface area contributed by atoms with Crippen LogP contribution in [0.15, 0.2) is 36.7 Å². The van der Waals surface area contributed by atoms with Gasteiger partial charge in [0.15, 0.2) is 5.75 Å². The van der Waals surface area contributed by atoms with E-state index in [1.807, 2.05) is 30.5 Å². The Balaban J connectivity index is 2.35. The molecule has 0 spiro atoms. The second-order valence-electron chi connectivity index (χ2n) is 3.03. The van der Waals surface area contributed by atoms with Gasteiger partial charge in [-0.2, -0.15) is 5.10 Å². The van der Waals surface area contributed by atoms with Crippen molar-refractivity contribution in [3.63, 3.8) is 0 Å². The van der Waals surface area contributed by atoms with E-state index in [2.05, 4.69) is 5.10 Å². The third kappa shape index (κ3) is 1.93. The molecule has 0 saturated carbocycles. The van der Waals surface area contributed by atoms with Crippen molar-refractivity contribution >= 4 is 0 Å². The highest BCUT2D eigenvalue weighted by molar-refractivity contribution is 5.39. The van der Waals surface area contributed by atoms with Gasteiger partial charge in [0.05, 0.1) is 32.3 Å². The molecule has 0 atom stereocenters. The average Bonchev–Trinajstić information content (AvgIpc) is 2.78. The Morgan fingerprint density at radius 1 is 1.13 bits per heavy atom. The van der Waals surface area contributed by atoms with Crippen LogP contribution in [0.3, 0.4) is 0 Å². The first-order chi connectivity index (χ1) is 7.33. The normalized spacial score (nSPS) is 10.0. The Hall–Kier alpha value is -1.97. The van der Waals surface area contributed by atoms with Crippen molar-refractivity contribution in [2.45, 2.75) is 0 Å².